The average Bonchev–Trinajstić information content (AvgIpc) is 2.93. The lowest BCUT2D eigenvalue weighted by Crippen LogP contribution is -2.07. The fourth-order valence-corrected chi connectivity index (χ4v) is 4.12. The van der Waals surface area contributed by atoms with Gasteiger partial charge < -0.3 is 5.73 Å². The first-order valence-corrected chi connectivity index (χ1v) is 10.2. The largest absolute Gasteiger partial charge is 0.378 e. The molecule has 5 nitrogen and oxygen atoms in total. The second kappa shape index (κ2) is 8.59. The highest BCUT2D eigenvalue weighted by Gasteiger charge is 2.21. The number of amides is 1. The normalized spacial score (nSPS) is 15.3. The van der Waals surface area contributed by atoms with Gasteiger partial charge in [-0.2, -0.15) is 10.3 Å². The standard InChI is InChI=1S/C18H16N4OS2.C2H6/c1-18(2,3)25-15-11(8-19)9-21-13-5-4-10(6-12(13)15)7-14-16(23)22-17(20)24-14;1-2/h4-7,9H,1-3H3,(H2,20,22,23);1-2H3/b14-7-;. The van der Waals surface area contributed by atoms with Gasteiger partial charge >= 0.3 is 0 Å². The van der Waals surface area contributed by atoms with Gasteiger partial charge in [-0.3, -0.25) is 9.78 Å². The summed E-state index contributed by atoms with van der Waals surface area (Å²) in [5, 5.41) is 10.6. The van der Waals surface area contributed by atoms with E-state index in [4.69, 9.17) is 5.73 Å². The zero-order chi connectivity index (χ0) is 20.2. The Hall–Kier alpha value is -2.30. The van der Waals surface area contributed by atoms with E-state index < -0.39 is 0 Å². The van der Waals surface area contributed by atoms with E-state index in [9.17, 15) is 10.1 Å². The summed E-state index contributed by atoms with van der Waals surface area (Å²) < 4.78 is -0.0477. The summed E-state index contributed by atoms with van der Waals surface area (Å²) >= 11 is 2.80. The third-order valence-corrected chi connectivity index (χ3v) is 5.38. The molecule has 2 heterocycles. The van der Waals surface area contributed by atoms with Crippen LogP contribution >= 0.6 is 23.5 Å². The van der Waals surface area contributed by atoms with Gasteiger partial charge in [-0.1, -0.05) is 40.7 Å². The predicted molar refractivity (Wildman–Crippen MR) is 116 cm³/mol. The maximum Gasteiger partial charge on any atom is 0.286 e. The molecule has 2 N–H and O–H groups in total. The van der Waals surface area contributed by atoms with Crippen molar-refractivity contribution in [3.05, 3.63) is 40.4 Å². The number of pyridine rings is 1. The summed E-state index contributed by atoms with van der Waals surface area (Å²) in [5.74, 6) is -0.323. The van der Waals surface area contributed by atoms with E-state index in [1.165, 1.54) is 0 Å². The number of amidine groups is 1. The minimum Gasteiger partial charge on any atom is -0.378 e. The molecule has 1 aromatic heterocycles. The van der Waals surface area contributed by atoms with Crippen LogP contribution in [0.25, 0.3) is 17.0 Å². The number of hydrogen-bond acceptors (Lipinski definition) is 6. The molecule has 0 unspecified atom stereocenters. The van der Waals surface area contributed by atoms with E-state index in [1.54, 1.807) is 24.0 Å². The Kier molecular flexibility index (Phi) is 6.68. The number of thioether (sulfide) groups is 2. The molecule has 1 amide bonds. The van der Waals surface area contributed by atoms with Crippen LogP contribution in [0, 0.1) is 11.3 Å². The molecule has 2 aromatic rings. The Labute approximate surface area is 168 Å². The van der Waals surface area contributed by atoms with Gasteiger partial charge in [-0.05, 0) is 35.5 Å². The molecule has 3 rings (SSSR count). The number of fused-ring (bicyclic) bond motifs is 1. The van der Waals surface area contributed by atoms with Gasteiger partial charge in [-0.25, -0.2) is 0 Å². The molecule has 0 spiro atoms. The third kappa shape index (κ3) is 5.12. The highest BCUT2D eigenvalue weighted by Crippen LogP contribution is 2.39. The van der Waals surface area contributed by atoms with Gasteiger partial charge in [0.25, 0.3) is 5.91 Å². The summed E-state index contributed by atoms with van der Waals surface area (Å²) in [6.45, 7) is 10.3. The molecule has 7 heteroatoms. The molecule has 1 aliphatic heterocycles. The Balaban J connectivity index is 0.00000126. The first-order valence-electron chi connectivity index (χ1n) is 8.57. The molecule has 1 aromatic carbocycles. The number of benzene rings is 1. The molecule has 0 bridgehead atoms. The number of rotatable bonds is 2. The summed E-state index contributed by atoms with van der Waals surface area (Å²) in [4.78, 5) is 21.3. The number of carbonyl (C=O) groups is 1. The van der Waals surface area contributed by atoms with Crippen LogP contribution in [0.5, 0.6) is 0 Å². The van der Waals surface area contributed by atoms with Crippen molar-refractivity contribution >= 4 is 51.6 Å². The molecule has 1 aliphatic rings. The van der Waals surface area contributed by atoms with Crippen LogP contribution < -0.4 is 5.73 Å². The number of nitrogens with zero attached hydrogens (tertiary/aromatic N) is 3. The second-order valence-electron chi connectivity index (χ2n) is 6.47. The summed E-state index contributed by atoms with van der Waals surface area (Å²) in [6, 6.07) is 7.96. The number of nitriles is 1. The maximum absolute atomic E-state index is 11.8. The molecule has 0 saturated heterocycles. The highest BCUT2D eigenvalue weighted by molar-refractivity contribution is 8.18. The van der Waals surface area contributed by atoms with Crippen LogP contribution in [0.3, 0.4) is 0 Å². The van der Waals surface area contributed by atoms with Gasteiger partial charge in [0.2, 0.25) is 0 Å². The number of aliphatic imine (C=N–C) groups is 1. The van der Waals surface area contributed by atoms with E-state index in [0.717, 1.165) is 33.1 Å². The predicted octanol–water partition coefficient (Wildman–Crippen LogP) is 4.95. The van der Waals surface area contributed by atoms with Crippen LogP contribution in [0.15, 0.2) is 39.2 Å². The van der Waals surface area contributed by atoms with Crippen molar-refractivity contribution in [3.8, 4) is 6.07 Å². The van der Waals surface area contributed by atoms with Crippen molar-refractivity contribution in [1.82, 2.24) is 4.98 Å². The van der Waals surface area contributed by atoms with E-state index in [2.05, 4.69) is 36.8 Å². The maximum atomic E-state index is 11.8. The molecule has 27 heavy (non-hydrogen) atoms. The van der Waals surface area contributed by atoms with E-state index in [1.807, 2.05) is 32.0 Å². The smallest absolute Gasteiger partial charge is 0.286 e. The van der Waals surface area contributed by atoms with E-state index in [0.29, 0.717) is 10.5 Å². The topological polar surface area (TPSA) is 92.1 Å². The van der Waals surface area contributed by atoms with Crippen LogP contribution in [0.2, 0.25) is 0 Å². The number of aromatic nitrogens is 1. The first kappa shape index (κ1) is 21.0. The van der Waals surface area contributed by atoms with Crippen LogP contribution in [-0.2, 0) is 4.79 Å². The Morgan fingerprint density at radius 2 is 2.00 bits per heavy atom. The van der Waals surface area contributed by atoms with Crippen molar-refractivity contribution < 1.29 is 4.79 Å². The van der Waals surface area contributed by atoms with Crippen molar-refractivity contribution in [3.63, 3.8) is 0 Å². The van der Waals surface area contributed by atoms with Crippen molar-refractivity contribution in [2.75, 3.05) is 0 Å². The number of carbonyl (C=O) groups excluding carboxylic acids is 1. The van der Waals surface area contributed by atoms with E-state index >= 15 is 0 Å². The average molecular weight is 399 g/mol. The SMILES string of the molecule is CC.CC(C)(C)Sc1c(C#N)cnc2ccc(/C=C3\SC(N)=NC3=O)cc12. The van der Waals surface area contributed by atoms with Crippen LogP contribution in [0.1, 0.15) is 45.7 Å². The lowest BCUT2D eigenvalue weighted by molar-refractivity contribution is -0.113. The minimum absolute atomic E-state index is 0.0477. The van der Waals surface area contributed by atoms with E-state index in [-0.39, 0.29) is 15.8 Å². The Bertz CT molecular complexity index is 982. The molecule has 0 aliphatic carbocycles. The summed E-state index contributed by atoms with van der Waals surface area (Å²) in [5.41, 5.74) is 7.81. The lowest BCUT2D eigenvalue weighted by Gasteiger charge is -2.19. The minimum atomic E-state index is -0.323. The number of hydrogen-bond donors (Lipinski definition) is 1. The first-order chi connectivity index (χ1) is 12.8. The van der Waals surface area contributed by atoms with Gasteiger partial charge in [-0.15, -0.1) is 11.8 Å². The van der Waals surface area contributed by atoms with Gasteiger partial charge in [0, 0.05) is 21.2 Å². The Morgan fingerprint density at radius 3 is 2.56 bits per heavy atom. The zero-order valence-electron chi connectivity index (χ0n) is 16.0. The Morgan fingerprint density at radius 1 is 1.30 bits per heavy atom. The fourth-order valence-electron chi connectivity index (χ4n) is 2.35. The van der Waals surface area contributed by atoms with Gasteiger partial charge in [0.1, 0.15) is 6.07 Å². The molecule has 0 radical (unpaired) electrons. The highest BCUT2D eigenvalue weighted by atomic mass is 32.2. The lowest BCUT2D eigenvalue weighted by atomic mass is 10.1. The van der Waals surface area contributed by atoms with Crippen molar-refractivity contribution in [1.29, 1.82) is 5.26 Å². The molecular formula is C20H22N4OS2. The van der Waals surface area contributed by atoms with Gasteiger partial charge in [0.15, 0.2) is 5.17 Å². The zero-order valence-corrected chi connectivity index (χ0v) is 17.7. The van der Waals surface area contributed by atoms with Crippen LogP contribution in [-0.4, -0.2) is 20.8 Å². The van der Waals surface area contributed by atoms with Crippen molar-refractivity contribution in [2.45, 2.75) is 44.3 Å². The van der Waals surface area contributed by atoms with Gasteiger partial charge in [0.05, 0.1) is 16.0 Å². The number of nitrogens with two attached hydrogens (primary N) is 1. The van der Waals surface area contributed by atoms with Crippen LogP contribution in [0.4, 0.5) is 0 Å². The molecule has 140 valence electrons. The molecular weight excluding hydrogens is 376 g/mol. The fraction of sp³-hybridized carbons (Fsp3) is 0.300. The second-order valence-corrected chi connectivity index (χ2v) is 9.37. The quantitative estimate of drug-likeness (QED) is 0.568. The monoisotopic (exact) mass is 398 g/mol. The summed E-state index contributed by atoms with van der Waals surface area (Å²) in [7, 11) is 0. The van der Waals surface area contributed by atoms with Crippen molar-refractivity contribution in [2.24, 2.45) is 10.7 Å². The molecule has 0 fully saturated rings. The molecule has 0 atom stereocenters. The molecule has 0 saturated carbocycles. The third-order valence-electron chi connectivity index (χ3n) is 3.31. The summed E-state index contributed by atoms with van der Waals surface area (Å²) in [6.07, 6.45) is 3.37.